The molecule has 3 aromatic rings. The molecule has 0 bridgehead atoms. The van der Waals surface area contributed by atoms with Gasteiger partial charge in [-0.1, -0.05) is 18.2 Å². The maximum atomic E-state index is 12.0. The maximum Gasteiger partial charge on any atom is 0.317 e. The Balaban J connectivity index is 1.37. The number of carbonyl (C=O) groups excluding carboxylic acids is 1. The van der Waals surface area contributed by atoms with E-state index in [-0.39, 0.29) is 6.03 Å². The Labute approximate surface area is 170 Å². The lowest BCUT2D eigenvalue weighted by molar-refractivity contribution is 0.186. The summed E-state index contributed by atoms with van der Waals surface area (Å²) in [5, 5.41) is 4.01. The van der Waals surface area contributed by atoms with Gasteiger partial charge in [-0.05, 0) is 49.2 Å². The Hall–Kier alpha value is -3.28. The van der Waals surface area contributed by atoms with Gasteiger partial charge in [0, 0.05) is 49.5 Å². The Morgan fingerprint density at radius 1 is 0.966 bits per heavy atom. The molecule has 0 atom stereocenters. The van der Waals surface area contributed by atoms with Gasteiger partial charge >= 0.3 is 6.03 Å². The molecule has 2 aliphatic heterocycles. The number of urea groups is 1. The molecule has 2 amide bonds. The predicted molar refractivity (Wildman–Crippen MR) is 114 cm³/mol. The number of amides is 2. The summed E-state index contributed by atoms with van der Waals surface area (Å²) in [4.78, 5) is 20.9. The molecule has 2 aliphatic rings. The van der Waals surface area contributed by atoms with Crippen LogP contribution in [0.15, 0.2) is 60.8 Å². The number of hydrogen-bond acceptors (Lipinski definition) is 4. The molecule has 1 aromatic heterocycles. The molecule has 5 rings (SSSR count). The van der Waals surface area contributed by atoms with E-state index in [1.807, 2.05) is 53.6 Å². The maximum absolute atomic E-state index is 12.0. The van der Waals surface area contributed by atoms with E-state index >= 15 is 0 Å². The fourth-order valence-electron chi connectivity index (χ4n) is 4.33. The van der Waals surface area contributed by atoms with Crippen LogP contribution in [0.3, 0.4) is 0 Å². The summed E-state index contributed by atoms with van der Waals surface area (Å²) in [6, 6.07) is 18.4. The highest BCUT2D eigenvalue weighted by molar-refractivity contribution is 5.92. The molecule has 1 N–H and O–H groups in total. The Morgan fingerprint density at radius 3 is 2.55 bits per heavy atom. The average molecular weight is 388 g/mol. The number of hydrogen-bond donors (Lipinski definition) is 1. The minimum Gasteiger partial charge on any atom is -0.457 e. The van der Waals surface area contributed by atoms with Gasteiger partial charge in [0.1, 0.15) is 11.5 Å². The predicted octanol–water partition coefficient (Wildman–Crippen LogP) is 4.02. The molecule has 6 heteroatoms. The van der Waals surface area contributed by atoms with Crippen LogP contribution in [0.25, 0.3) is 10.9 Å². The number of nitrogens with zero attached hydrogens (tertiary/aromatic N) is 3. The number of anilines is 1. The van der Waals surface area contributed by atoms with Crippen LogP contribution in [0.2, 0.25) is 0 Å². The smallest absolute Gasteiger partial charge is 0.317 e. The quantitative estimate of drug-likeness (QED) is 0.733. The van der Waals surface area contributed by atoms with Crippen molar-refractivity contribution in [3.8, 4) is 11.5 Å². The van der Waals surface area contributed by atoms with Crippen molar-refractivity contribution in [2.45, 2.75) is 18.9 Å². The van der Waals surface area contributed by atoms with Crippen LogP contribution < -0.4 is 15.0 Å². The molecule has 2 saturated heterocycles. The zero-order chi connectivity index (χ0) is 19.6. The van der Waals surface area contributed by atoms with Crippen molar-refractivity contribution in [3.05, 3.63) is 60.8 Å². The molecule has 2 fully saturated rings. The molecule has 0 saturated carbocycles. The number of aromatic nitrogens is 1. The minimum absolute atomic E-state index is 0.0838. The van der Waals surface area contributed by atoms with Crippen molar-refractivity contribution in [3.63, 3.8) is 0 Å². The Bertz CT molecular complexity index is 1020. The second-order valence-electron chi connectivity index (χ2n) is 7.57. The fraction of sp³-hybridized carbons (Fsp3) is 0.304. The molecule has 2 aromatic carbocycles. The highest BCUT2D eigenvalue weighted by atomic mass is 16.5. The Kier molecular flexibility index (Phi) is 4.68. The zero-order valence-corrected chi connectivity index (χ0v) is 16.3. The number of fused-ring (bicyclic) bond motifs is 1. The molecule has 0 spiro atoms. The lowest BCUT2D eigenvalue weighted by atomic mass is 10.0. The molecular weight excluding hydrogens is 364 g/mol. The molecule has 148 valence electrons. The summed E-state index contributed by atoms with van der Waals surface area (Å²) in [5.41, 5.74) is 2.14. The first-order valence-electron chi connectivity index (χ1n) is 10.2. The summed E-state index contributed by atoms with van der Waals surface area (Å²) in [5.74, 6) is 1.63. The van der Waals surface area contributed by atoms with E-state index in [0.29, 0.717) is 6.04 Å². The third kappa shape index (κ3) is 3.58. The van der Waals surface area contributed by atoms with E-state index in [4.69, 9.17) is 4.74 Å². The van der Waals surface area contributed by atoms with Gasteiger partial charge in [0.05, 0.1) is 5.52 Å². The summed E-state index contributed by atoms with van der Waals surface area (Å²) in [6.45, 7) is 3.44. The summed E-state index contributed by atoms with van der Waals surface area (Å²) in [7, 11) is 0. The number of ether oxygens (including phenoxy) is 1. The van der Waals surface area contributed by atoms with Crippen molar-refractivity contribution in [1.29, 1.82) is 0 Å². The normalized spacial score (nSPS) is 17.6. The average Bonchev–Trinajstić information content (AvgIpc) is 3.20. The highest BCUT2D eigenvalue weighted by Gasteiger charge is 2.31. The summed E-state index contributed by atoms with van der Waals surface area (Å²) >= 11 is 0. The van der Waals surface area contributed by atoms with Gasteiger partial charge in [0.2, 0.25) is 0 Å². The lowest BCUT2D eigenvalue weighted by Gasteiger charge is -2.37. The molecule has 0 radical (unpaired) electrons. The van der Waals surface area contributed by atoms with E-state index in [0.717, 1.165) is 61.4 Å². The first-order valence-corrected chi connectivity index (χ1v) is 10.2. The standard InChI is InChI=1S/C23H24N4O2/c28-23-25-12-15-27(23)17-9-13-26(14-10-17)22-8-11-24-21-7-6-19(16-20(21)22)29-18-4-2-1-3-5-18/h1-8,11,16-17H,9-10,12-15H2,(H,25,28). The van der Waals surface area contributed by atoms with Crippen LogP contribution >= 0.6 is 0 Å². The van der Waals surface area contributed by atoms with Gasteiger partial charge in [0.15, 0.2) is 0 Å². The highest BCUT2D eigenvalue weighted by Crippen LogP contribution is 2.32. The van der Waals surface area contributed by atoms with Crippen LogP contribution in [-0.2, 0) is 0 Å². The minimum atomic E-state index is 0.0838. The van der Waals surface area contributed by atoms with E-state index in [2.05, 4.69) is 27.3 Å². The van der Waals surface area contributed by atoms with Crippen molar-refractivity contribution >= 4 is 22.6 Å². The van der Waals surface area contributed by atoms with Gasteiger partial charge in [-0.2, -0.15) is 0 Å². The lowest BCUT2D eigenvalue weighted by Crippen LogP contribution is -2.46. The van der Waals surface area contributed by atoms with E-state index in [1.54, 1.807) is 0 Å². The number of nitrogens with one attached hydrogen (secondary N) is 1. The van der Waals surface area contributed by atoms with E-state index in [9.17, 15) is 4.79 Å². The van der Waals surface area contributed by atoms with E-state index < -0.39 is 0 Å². The van der Waals surface area contributed by atoms with Gasteiger partial charge < -0.3 is 19.9 Å². The number of carbonyl (C=O) groups is 1. The van der Waals surface area contributed by atoms with E-state index in [1.165, 1.54) is 5.69 Å². The number of benzene rings is 2. The number of piperidine rings is 1. The zero-order valence-electron chi connectivity index (χ0n) is 16.3. The fourth-order valence-corrected chi connectivity index (χ4v) is 4.33. The molecule has 6 nitrogen and oxygen atoms in total. The molecule has 0 aliphatic carbocycles. The third-order valence-electron chi connectivity index (χ3n) is 5.80. The Morgan fingerprint density at radius 2 is 1.79 bits per heavy atom. The first-order chi connectivity index (χ1) is 14.3. The second kappa shape index (κ2) is 7.62. The molecule has 29 heavy (non-hydrogen) atoms. The molecule has 3 heterocycles. The second-order valence-corrected chi connectivity index (χ2v) is 7.57. The summed E-state index contributed by atoms with van der Waals surface area (Å²) < 4.78 is 6.03. The molecular formula is C23H24N4O2. The third-order valence-corrected chi connectivity index (χ3v) is 5.80. The van der Waals surface area contributed by atoms with Crippen molar-refractivity contribution in [2.24, 2.45) is 0 Å². The monoisotopic (exact) mass is 388 g/mol. The van der Waals surface area contributed by atoms with Crippen LogP contribution in [0.5, 0.6) is 11.5 Å². The first kappa shape index (κ1) is 17.8. The van der Waals surface area contributed by atoms with Crippen molar-refractivity contribution in [2.75, 3.05) is 31.1 Å². The van der Waals surface area contributed by atoms with Gasteiger partial charge in [-0.25, -0.2) is 4.79 Å². The van der Waals surface area contributed by atoms with Crippen LogP contribution in [0.4, 0.5) is 10.5 Å². The van der Waals surface area contributed by atoms with Gasteiger partial charge in [-0.15, -0.1) is 0 Å². The van der Waals surface area contributed by atoms with Crippen LogP contribution in [0, 0.1) is 0 Å². The van der Waals surface area contributed by atoms with Gasteiger partial charge in [-0.3, -0.25) is 4.98 Å². The van der Waals surface area contributed by atoms with Crippen molar-refractivity contribution in [1.82, 2.24) is 15.2 Å². The number of para-hydroxylation sites is 1. The number of rotatable bonds is 4. The largest absolute Gasteiger partial charge is 0.457 e. The summed E-state index contributed by atoms with van der Waals surface area (Å²) in [6.07, 6.45) is 3.84. The molecule has 0 unspecified atom stereocenters. The SMILES string of the molecule is O=C1NCCN1C1CCN(c2ccnc3ccc(Oc4ccccc4)cc23)CC1. The van der Waals surface area contributed by atoms with Gasteiger partial charge in [0.25, 0.3) is 0 Å². The van der Waals surface area contributed by atoms with Crippen LogP contribution in [0.1, 0.15) is 12.8 Å². The van der Waals surface area contributed by atoms with Crippen molar-refractivity contribution < 1.29 is 9.53 Å². The topological polar surface area (TPSA) is 57.7 Å². The van der Waals surface area contributed by atoms with Crippen LogP contribution in [-0.4, -0.2) is 48.1 Å². The number of pyridine rings is 1.